The summed E-state index contributed by atoms with van der Waals surface area (Å²) in [6.45, 7) is 4.68. The molecule has 0 saturated heterocycles. The second kappa shape index (κ2) is 14.0. The van der Waals surface area contributed by atoms with E-state index in [-0.39, 0.29) is 5.41 Å². The van der Waals surface area contributed by atoms with Crippen molar-refractivity contribution in [3.8, 4) is 22.3 Å². The molecule has 9 aromatic rings. The molecular formula is C56H43N. The molecule has 0 aromatic heterocycles. The predicted octanol–water partition coefficient (Wildman–Crippen LogP) is 14.7. The lowest BCUT2D eigenvalue weighted by atomic mass is 9.67. The Morgan fingerprint density at radius 2 is 0.895 bits per heavy atom. The molecule has 1 nitrogen and oxygen atoms in total. The van der Waals surface area contributed by atoms with Crippen LogP contribution in [0.3, 0.4) is 0 Å². The first-order valence-corrected chi connectivity index (χ1v) is 19.9. The normalized spacial score (nSPS) is 12.9. The van der Waals surface area contributed by atoms with Crippen molar-refractivity contribution in [3.05, 3.63) is 258 Å². The van der Waals surface area contributed by atoms with E-state index < -0.39 is 5.41 Å². The van der Waals surface area contributed by atoms with Gasteiger partial charge in [0.15, 0.2) is 0 Å². The maximum absolute atomic E-state index is 2.47. The third-order valence-electron chi connectivity index (χ3n) is 12.2. The van der Waals surface area contributed by atoms with Crippen molar-refractivity contribution in [3.63, 3.8) is 0 Å². The van der Waals surface area contributed by atoms with E-state index in [2.05, 4.69) is 243 Å². The molecule has 1 aliphatic carbocycles. The van der Waals surface area contributed by atoms with Crippen LogP contribution in [0.25, 0.3) is 33.0 Å². The molecular weight excluding hydrogens is 687 g/mol. The molecule has 0 atom stereocenters. The van der Waals surface area contributed by atoms with Gasteiger partial charge in [0, 0.05) is 22.2 Å². The third-order valence-corrected chi connectivity index (χ3v) is 12.2. The molecule has 1 heteroatoms. The van der Waals surface area contributed by atoms with E-state index in [4.69, 9.17) is 0 Å². The molecule has 0 radical (unpaired) electrons. The summed E-state index contributed by atoms with van der Waals surface area (Å²) in [6.07, 6.45) is 0. The Morgan fingerprint density at radius 1 is 0.386 bits per heavy atom. The van der Waals surface area contributed by atoms with Gasteiger partial charge in [-0.25, -0.2) is 0 Å². The minimum atomic E-state index is -0.501. The van der Waals surface area contributed by atoms with Gasteiger partial charge in [0.1, 0.15) is 0 Å². The molecule has 0 heterocycles. The van der Waals surface area contributed by atoms with Crippen molar-refractivity contribution in [2.45, 2.75) is 24.7 Å². The SMILES string of the molecule is CC(C)(c1ccccc1)c1ccc(N(c2ccc(-c3ccccc3)cc2)c2ccc3c(c2)C(c2ccccc2)(c2ccccc2)c2ccccc2-3)c2ccccc12. The van der Waals surface area contributed by atoms with Gasteiger partial charge in [-0.1, -0.05) is 208 Å². The molecule has 0 saturated carbocycles. The van der Waals surface area contributed by atoms with Crippen molar-refractivity contribution in [2.75, 3.05) is 4.90 Å². The van der Waals surface area contributed by atoms with Crippen LogP contribution in [-0.2, 0) is 10.8 Å². The van der Waals surface area contributed by atoms with E-state index in [0.29, 0.717) is 0 Å². The van der Waals surface area contributed by atoms with E-state index in [1.54, 1.807) is 0 Å². The zero-order chi connectivity index (χ0) is 38.4. The predicted molar refractivity (Wildman–Crippen MR) is 240 cm³/mol. The third kappa shape index (κ3) is 5.61. The summed E-state index contributed by atoms with van der Waals surface area (Å²) in [5, 5.41) is 2.47. The Kier molecular flexibility index (Phi) is 8.46. The van der Waals surface area contributed by atoms with E-state index in [0.717, 1.165) is 17.1 Å². The average Bonchev–Trinajstić information content (AvgIpc) is 3.58. The number of hydrogen-bond donors (Lipinski definition) is 0. The zero-order valence-corrected chi connectivity index (χ0v) is 32.3. The quantitative estimate of drug-likeness (QED) is 0.151. The second-order valence-corrected chi connectivity index (χ2v) is 15.7. The van der Waals surface area contributed by atoms with Crippen LogP contribution in [0.1, 0.15) is 47.2 Å². The van der Waals surface area contributed by atoms with Gasteiger partial charge in [-0.05, 0) is 91.4 Å². The number of rotatable bonds is 8. The number of benzene rings is 9. The Balaban J connectivity index is 1.23. The minimum Gasteiger partial charge on any atom is -0.310 e. The van der Waals surface area contributed by atoms with E-state index in [1.807, 2.05) is 0 Å². The average molecular weight is 730 g/mol. The topological polar surface area (TPSA) is 3.24 Å². The van der Waals surface area contributed by atoms with Crippen molar-refractivity contribution in [2.24, 2.45) is 0 Å². The summed E-state index contributed by atoms with van der Waals surface area (Å²) in [6, 6.07) is 82.5. The van der Waals surface area contributed by atoms with Crippen LogP contribution in [0.15, 0.2) is 224 Å². The summed E-state index contributed by atoms with van der Waals surface area (Å²) in [5.41, 5.74) is 15.3. The fourth-order valence-corrected chi connectivity index (χ4v) is 9.47. The van der Waals surface area contributed by atoms with Gasteiger partial charge in [-0.2, -0.15) is 0 Å². The van der Waals surface area contributed by atoms with Crippen LogP contribution >= 0.6 is 0 Å². The van der Waals surface area contributed by atoms with Gasteiger partial charge in [-0.3, -0.25) is 0 Å². The number of anilines is 3. The van der Waals surface area contributed by atoms with Crippen LogP contribution in [0, 0.1) is 0 Å². The molecule has 0 aliphatic heterocycles. The van der Waals surface area contributed by atoms with Gasteiger partial charge >= 0.3 is 0 Å². The summed E-state index contributed by atoms with van der Waals surface area (Å²) >= 11 is 0. The molecule has 0 spiro atoms. The summed E-state index contributed by atoms with van der Waals surface area (Å²) in [4.78, 5) is 2.47. The highest BCUT2D eigenvalue weighted by Crippen LogP contribution is 2.57. The van der Waals surface area contributed by atoms with Crippen LogP contribution < -0.4 is 4.90 Å². The van der Waals surface area contributed by atoms with Crippen molar-refractivity contribution in [1.29, 1.82) is 0 Å². The van der Waals surface area contributed by atoms with E-state index >= 15 is 0 Å². The monoisotopic (exact) mass is 729 g/mol. The molecule has 0 fully saturated rings. The highest BCUT2D eigenvalue weighted by molar-refractivity contribution is 6.02. The highest BCUT2D eigenvalue weighted by Gasteiger charge is 2.46. The Morgan fingerprint density at radius 3 is 1.56 bits per heavy atom. The Bertz CT molecular complexity index is 2800. The van der Waals surface area contributed by atoms with E-state index in [1.165, 1.54) is 66.4 Å². The molecule has 0 unspecified atom stereocenters. The van der Waals surface area contributed by atoms with Gasteiger partial charge in [-0.15, -0.1) is 0 Å². The molecule has 0 N–H and O–H groups in total. The van der Waals surface area contributed by atoms with Crippen molar-refractivity contribution in [1.82, 2.24) is 0 Å². The van der Waals surface area contributed by atoms with Crippen LogP contribution in [0.5, 0.6) is 0 Å². The van der Waals surface area contributed by atoms with Crippen LogP contribution in [0.2, 0.25) is 0 Å². The van der Waals surface area contributed by atoms with Gasteiger partial charge in [0.05, 0.1) is 11.1 Å². The lowest BCUT2D eigenvalue weighted by molar-refractivity contribution is 0.647. The highest BCUT2D eigenvalue weighted by atomic mass is 15.1. The molecule has 272 valence electrons. The lowest BCUT2D eigenvalue weighted by Gasteiger charge is -2.35. The Labute approximate surface area is 336 Å². The van der Waals surface area contributed by atoms with Gasteiger partial charge in [0.25, 0.3) is 0 Å². The first kappa shape index (κ1) is 34.5. The van der Waals surface area contributed by atoms with Crippen molar-refractivity contribution >= 4 is 27.8 Å². The molecule has 1 aliphatic rings. The second-order valence-electron chi connectivity index (χ2n) is 15.7. The summed E-state index contributed by atoms with van der Waals surface area (Å²) in [5.74, 6) is 0. The maximum Gasteiger partial charge on any atom is 0.0714 e. The largest absolute Gasteiger partial charge is 0.310 e. The Hall–Kier alpha value is -6.96. The van der Waals surface area contributed by atoms with Gasteiger partial charge < -0.3 is 4.90 Å². The summed E-state index contributed by atoms with van der Waals surface area (Å²) in [7, 11) is 0. The molecule has 9 aromatic carbocycles. The van der Waals surface area contributed by atoms with Gasteiger partial charge in [0.2, 0.25) is 0 Å². The number of fused-ring (bicyclic) bond motifs is 4. The standard InChI is InChI=1S/C56H43N/c1-55(2,42-21-9-4-10-22-42)51-37-38-54(50-29-16-15-28-48(50)51)57(45-33-31-41(32-34-45)40-19-7-3-8-20-40)46-35-36-49-47-27-17-18-30-52(47)56(53(49)39-46,43-23-11-5-12-24-43)44-25-13-6-14-26-44/h3-39H,1-2H3. The summed E-state index contributed by atoms with van der Waals surface area (Å²) < 4.78 is 0. The smallest absolute Gasteiger partial charge is 0.0714 e. The van der Waals surface area contributed by atoms with E-state index in [9.17, 15) is 0 Å². The lowest BCUT2D eigenvalue weighted by Crippen LogP contribution is -2.28. The molecule has 57 heavy (non-hydrogen) atoms. The minimum absolute atomic E-state index is 0.203. The molecule has 10 rings (SSSR count). The van der Waals surface area contributed by atoms with Crippen LogP contribution in [-0.4, -0.2) is 0 Å². The number of nitrogens with zero attached hydrogens (tertiary/aromatic N) is 1. The van der Waals surface area contributed by atoms with Crippen LogP contribution in [0.4, 0.5) is 17.1 Å². The molecule has 0 bridgehead atoms. The maximum atomic E-state index is 2.47. The fourth-order valence-electron chi connectivity index (χ4n) is 9.47. The fraction of sp³-hybridized carbons (Fsp3) is 0.0714. The number of hydrogen-bond acceptors (Lipinski definition) is 1. The first-order valence-electron chi connectivity index (χ1n) is 19.9. The first-order chi connectivity index (χ1) is 28.0. The van der Waals surface area contributed by atoms with Crippen molar-refractivity contribution < 1.29 is 0 Å². The molecule has 0 amide bonds. The zero-order valence-electron chi connectivity index (χ0n) is 32.3.